The highest BCUT2D eigenvalue weighted by Crippen LogP contribution is 2.24. The second-order valence-electron chi connectivity index (χ2n) is 4.44. The fraction of sp³-hybridized carbons (Fsp3) is 0. The zero-order chi connectivity index (χ0) is 15.5. The summed E-state index contributed by atoms with van der Waals surface area (Å²) in [6.45, 7) is 0. The van der Waals surface area contributed by atoms with Gasteiger partial charge in [0.15, 0.2) is 0 Å². The van der Waals surface area contributed by atoms with Gasteiger partial charge in [-0.25, -0.2) is 10.4 Å². The summed E-state index contributed by atoms with van der Waals surface area (Å²) in [6, 6.07) is 12.3. The molecular formula is C15H10Cl2N4O. The van der Waals surface area contributed by atoms with Gasteiger partial charge in [-0.15, -0.1) is 0 Å². The first-order valence-electron chi connectivity index (χ1n) is 6.37. The first kappa shape index (κ1) is 14.6. The van der Waals surface area contributed by atoms with Gasteiger partial charge in [0.2, 0.25) is 5.95 Å². The smallest absolute Gasteiger partial charge is 0.260 e. The lowest BCUT2D eigenvalue weighted by Crippen LogP contribution is -2.10. The summed E-state index contributed by atoms with van der Waals surface area (Å²) in [5.41, 5.74) is 3.69. The van der Waals surface area contributed by atoms with E-state index in [0.29, 0.717) is 26.5 Å². The lowest BCUT2D eigenvalue weighted by atomic mass is 10.2. The molecule has 0 bridgehead atoms. The van der Waals surface area contributed by atoms with E-state index in [0.717, 1.165) is 0 Å². The Hall–Kier alpha value is -2.37. The van der Waals surface area contributed by atoms with Crippen molar-refractivity contribution in [1.82, 2.24) is 9.97 Å². The highest BCUT2D eigenvalue weighted by molar-refractivity contribution is 6.43. The molecule has 2 aromatic carbocycles. The minimum atomic E-state index is -0.232. The standard InChI is InChI=1S/C15H10Cl2N4O/c16-11-6-3-4-9(13(11)17)8-18-21-15-19-12-7-2-1-5-10(12)14(22)20-15/h1-8H,(H2,19,20,21,22)/b18-8+. The van der Waals surface area contributed by atoms with Crippen LogP contribution in [0.4, 0.5) is 5.95 Å². The Morgan fingerprint density at radius 2 is 1.95 bits per heavy atom. The highest BCUT2D eigenvalue weighted by Gasteiger charge is 2.03. The number of hydrogen-bond donors (Lipinski definition) is 2. The van der Waals surface area contributed by atoms with E-state index < -0.39 is 0 Å². The van der Waals surface area contributed by atoms with Gasteiger partial charge in [0.05, 0.1) is 27.2 Å². The number of nitrogens with zero attached hydrogens (tertiary/aromatic N) is 2. The second kappa shape index (κ2) is 6.17. The summed E-state index contributed by atoms with van der Waals surface area (Å²) in [6.07, 6.45) is 1.50. The van der Waals surface area contributed by atoms with Gasteiger partial charge in [0.25, 0.3) is 5.56 Å². The highest BCUT2D eigenvalue weighted by atomic mass is 35.5. The summed E-state index contributed by atoms with van der Waals surface area (Å²) in [7, 11) is 0. The maximum absolute atomic E-state index is 11.9. The Balaban J connectivity index is 1.86. The van der Waals surface area contributed by atoms with E-state index in [2.05, 4.69) is 20.5 Å². The lowest BCUT2D eigenvalue weighted by Gasteiger charge is -2.02. The van der Waals surface area contributed by atoms with E-state index in [9.17, 15) is 4.79 Å². The number of anilines is 1. The molecule has 3 rings (SSSR count). The quantitative estimate of drug-likeness (QED) is 0.567. The van der Waals surface area contributed by atoms with Crippen molar-refractivity contribution in [2.45, 2.75) is 0 Å². The van der Waals surface area contributed by atoms with Gasteiger partial charge in [-0.3, -0.25) is 9.78 Å². The third kappa shape index (κ3) is 2.95. The zero-order valence-electron chi connectivity index (χ0n) is 11.2. The third-order valence-electron chi connectivity index (χ3n) is 2.97. The minimum absolute atomic E-state index is 0.232. The number of nitrogens with one attached hydrogen (secondary N) is 2. The summed E-state index contributed by atoms with van der Waals surface area (Å²) >= 11 is 12.0. The zero-order valence-corrected chi connectivity index (χ0v) is 12.7. The van der Waals surface area contributed by atoms with Crippen molar-refractivity contribution in [2.75, 3.05) is 5.43 Å². The van der Waals surface area contributed by atoms with Crippen LogP contribution in [0.25, 0.3) is 10.9 Å². The Kier molecular flexibility index (Phi) is 4.09. The largest absolute Gasteiger partial charge is 0.291 e. The number of para-hydroxylation sites is 1. The van der Waals surface area contributed by atoms with Crippen LogP contribution < -0.4 is 11.0 Å². The SMILES string of the molecule is O=c1[nH]c(N/N=C/c2cccc(Cl)c2Cl)nc2ccccc12. The third-order valence-corrected chi connectivity index (χ3v) is 3.80. The van der Waals surface area contributed by atoms with E-state index >= 15 is 0 Å². The van der Waals surface area contributed by atoms with Crippen molar-refractivity contribution in [3.8, 4) is 0 Å². The van der Waals surface area contributed by atoms with Crippen molar-refractivity contribution in [1.29, 1.82) is 0 Å². The fourth-order valence-corrected chi connectivity index (χ4v) is 2.28. The van der Waals surface area contributed by atoms with Crippen molar-refractivity contribution >= 4 is 46.3 Å². The molecule has 7 heteroatoms. The van der Waals surface area contributed by atoms with Crippen LogP contribution in [0.5, 0.6) is 0 Å². The van der Waals surface area contributed by atoms with Gasteiger partial charge in [-0.1, -0.05) is 47.5 Å². The monoisotopic (exact) mass is 332 g/mol. The predicted molar refractivity (Wildman–Crippen MR) is 90.0 cm³/mol. The molecule has 0 saturated heterocycles. The predicted octanol–water partition coefficient (Wildman–Crippen LogP) is 3.68. The maximum Gasteiger partial charge on any atom is 0.260 e. The van der Waals surface area contributed by atoms with Gasteiger partial charge < -0.3 is 0 Å². The van der Waals surface area contributed by atoms with E-state index in [-0.39, 0.29) is 11.5 Å². The molecule has 1 aromatic heterocycles. The normalized spacial score (nSPS) is 11.2. The summed E-state index contributed by atoms with van der Waals surface area (Å²) in [5.74, 6) is 0.248. The van der Waals surface area contributed by atoms with Crippen LogP contribution in [-0.2, 0) is 0 Å². The molecule has 0 saturated carbocycles. The Bertz CT molecular complexity index is 921. The Labute approximate surface area is 135 Å². The molecular weight excluding hydrogens is 323 g/mol. The molecule has 5 nitrogen and oxygen atoms in total. The van der Waals surface area contributed by atoms with Crippen LogP contribution in [0.3, 0.4) is 0 Å². The number of benzene rings is 2. The number of halogens is 2. The number of fused-ring (bicyclic) bond motifs is 1. The summed E-state index contributed by atoms with van der Waals surface area (Å²) in [4.78, 5) is 18.8. The van der Waals surface area contributed by atoms with Crippen LogP contribution >= 0.6 is 23.2 Å². The Morgan fingerprint density at radius 1 is 1.14 bits per heavy atom. The molecule has 0 atom stereocenters. The molecule has 1 heterocycles. The molecule has 0 aliphatic rings. The van der Waals surface area contributed by atoms with E-state index in [1.54, 1.807) is 36.4 Å². The molecule has 0 radical (unpaired) electrons. The fourth-order valence-electron chi connectivity index (χ4n) is 1.92. The second-order valence-corrected chi connectivity index (χ2v) is 5.23. The number of rotatable bonds is 3. The Morgan fingerprint density at radius 3 is 2.82 bits per heavy atom. The van der Waals surface area contributed by atoms with Crippen LogP contribution in [-0.4, -0.2) is 16.2 Å². The van der Waals surface area contributed by atoms with Gasteiger partial charge >= 0.3 is 0 Å². The molecule has 0 unspecified atom stereocenters. The first-order valence-corrected chi connectivity index (χ1v) is 7.13. The summed E-state index contributed by atoms with van der Waals surface area (Å²) < 4.78 is 0. The molecule has 0 aliphatic carbocycles. The van der Waals surface area contributed by atoms with Crippen molar-refractivity contribution < 1.29 is 0 Å². The number of hydrazone groups is 1. The number of hydrogen-bond acceptors (Lipinski definition) is 4. The van der Waals surface area contributed by atoms with Crippen molar-refractivity contribution in [3.63, 3.8) is 0 Å². The van der Waals surface area contributed by atoms with Crippen LogP contribution in [0, 0.1) is 0 Å². The number of aromatic amines is 1. The first-order chi connectivity index (χ1) is 10.6. The average molecular weight is 333 g/mol. The number of aromatic nitrogens is 2. The van der Waals surface area contributed by atoms with Crippen LogP contribution in [0.2, 0.25) is 10.0 Å². The molecule has 22 heavy (non-hydrogen) atoms. The number of H-pyrrole nitrogens is 1. The van der Waals surface area contributed by atoms with E-state index in [1.165, 1.54) is 6.21 Å². The topological polar surface area (TPSA) is 70.1 Å². The molecule has 3 aromatic rings. The maximum atomic E-state index is 11.9. The van der Waals surface area contributed by atoms with Crippen LogP contribution in [0.1, 0.15) is 5.56 Å². The average Bonchev–Trinajstić information content (AvgIpc) is 2.52. The van der Waals surface area contributed by atoms with E-state index in [4.69, 9.17) is 23.2 Å². The van der Waals surface area contributed by atoms with Gasteiger partial charge in [-0.2, -0.15) is 5.10 Å². The van der Waals surface area contributed by atoms with E-state index in [1.807, 2.05) is 6.07 Å². The molecule has 0 amide bonds. The van der Waals surface area contributed by atoms with Gasteiger partial charge in [0.1, 0.15) is 0 Å². The van der Waals surface area contributed by atoms with Crippen molar-refractivity contribution in [2.24, 2.45) is 5.10 Å². The molecule has 0 aliphatic heterocycles. The van der Waals surface area contributed by atoms with Gasteiger partial charge in [-0.05, 0) is 18.2 Å². The molecule has 110 valence electrons. The van der Waals surface area contributed by atoms with Gasteiger partial charge in [0, 0.05) is 5.56 Å². The summed E-state index contributed by atoms with van der Waals surface area (Å²) in [5, 5.41) is 5.39. The molecule has 0 fully saturated rings. The minimum Gasteiger partial charge on any atom is -0.291 e. The molecule has 2 N–H and O–H groups in total. The van der Waals surface area contributed by atoms with Crippen molar-refractivity contribution in [3.05, 3.63) is 68.4 Å². The van der Waals surface area contributed by atoms with Crippen LogP contribution in [0.15, 0.2) is 52.4 Å². The molecule has 0 spiro atoms. The lowest BCUT2D eigenvalue weighted by molar-refractivity contribution is 1.12.